The van der Waals surface area contributed by atoms with E-state index >= 15 is 0 Å². The number of rotatable bonds is 5. The Morgan fingerprint density at radius 1 is 1.16 bits per heavy atom. The van der Waals surface area contributed by atoms with E-state index < -0.39 is 11.8 Å². The molecule has 0 saturated heterocycles. The minimum absolute atomic E-state index is 0.0587. The number of carboxylic acid groups (broad SMARTS) is 1. The van der Waals surface area contributed by atoms with Crippen LogP contribution >= 0.6 is 0 Å². The van der Waals surface area contributed by atoms with Crippen LogP contribution in [0.1, 0.15) is 12.0 Å². The molecule has 2 rings (SSSR count). The van der Waals surface area contributed by atoms with E-state index in [2.05, 4.69) is 0 Å². The molecule has 0 amide bonds. The lowest BCUT2D eigenvalue weighted by Gasteiger charge is -2.08. The van der Waals surface area contributed by atoms with Gasteiger partial charge in [-0.05, 0) is 36.2 Å². The van der Waals surface area contributed by atoms with Crippen LogP contribution in [0.15, 0.2) is 48.5 Å². The quantitative estimate of drug-likeness (QED) is 0.892. The van der Waals surface area contributed by atoms with Crippen LogP contribution in [0.5, 0.6) is 11.5 Å². The highest BCUT2D eigenvalue weighted by Crippen LogP contribution is 2.24. The summed E-state index contributed by atoms with van der Waals surface area (Å²) in [4.78, 5) is 10.5. The van der Waals surface area contributed by atoms with Crippen LogP contribution in [0, 0.1) is 5.82 Å². The molecule has 4 heteroatoms. The van der Waals surface area contributed by atoms with Gasteiger partial charge in [-0.2, -0.15) is 0 Å². The van der Waals surface area contributed by atoms with Crippen LogP contribution in [0.3, 0.4) is 0 Å². The van der Waals surface area contributed by atoms with Gasteiger partial charge in [-0.1, -0.05) is 24.3 Å². The molecule has 0 spiro atoms. The first-order valence-corrected chi connectivity index (χ1v) is 5.88. The predicted molar refractivity (Wildman–Crippen MR) is 68.9 cm³/mol. The van der Waals surface area contributed by atoms with Crippen LogP contribution in [-0.4, -0.2) is 11.1 Å². The average Bonchev–Trinajstić information content (AvgIpc) is 2.40. The Balaban J connectivity index is 2.11. The van der Waals surface area contributed by atoms with Crippen LogP contribution in [0.4, 0.5) is 4.39 Å². The first-order valence-electron chi connectivity index (χ1n) is 5.88. The van der Waals surface area contributed by atoms with Crippen LogP contribution in [-0.2, 0) is 11.2 Å². The van der Waals surface area contributed by atoms with Gasteiger partial charge in [-0.3, -0.25) is 4.79 Å². The molecule has 0 aliphatic heterocycles. The van der Waals surface area contributed by atoms with Crippen molar-refractivity contribution in [3.8, 4) is 11.5 Å². The number of para-hydroxylation sites is 1. The van der Waals surface area contributed by atoms with Crippen molar-refractivity contribution < 1.29 is 19.0 Å². The highest BCUT2D eigenvalue weighted by Gasteiger charge is 2.05. The van der Waals surface area contributed by atoms with Gasteiger partial charge in [-0.15, -0.1) is 0 Å². The van der Waals surface area contributed by atoms with Gasteiger partial charge in [0.25, 0.3) is 0 Å². The summed E-state index contributed by atoms with van der Waals surface area (Å²) in [6, 6.07) is 13.1. The minimum atomic E-state index is -0.847. The van der Waals surface area contributed by atoms with Gasteiger partial charge >= 0.3 is 5.97 Å². The molecule has 0 radical (unpaired) electrons. The maximum atomic E-state index is 13.4. The second-order valence-corrected chi connectivity index (χ2v) is 4.07. The van der Waals surface area contributed by atoms with Crippen molar-refractivity contribution in [1.82, 2.24) is 0 Å². The lowest BCUT2D eigenvalue weighted by atomic mass is 10.1. The summed E-state index contributed by atoms with van der Waals surface area (Å²) in [5, 5.41) is 8.63. The highest BCUT2D eigenvalue weighted by molar-refractivity contribution is 5.67. The molecular formula is C15H13FO3. The Morgan fingerprint density at radius 3 is 2.68 bits per heavy atom. The number of carboxylic acids is 1. The molecule has 3 nitrogen and oxygen atoms in total. The Bertz CT molecular complexity index is 581. The third-order valence-electron chi connectivity index (χ3n) is 2.59. The van der Waals surface area contributed by atoms with E-state index in [1.165, 1.54) is 6.07 Å². The summed E-state index contributed by atoms with van der Waals surface area (Å²) in [7, 11) is 0. The van der Waals surface area contributed by atoms with Crippen LogP contribution < -0.4 is 4.74 Å². The second-order valence-electron chi connectivity index (χ2n) is 4.07. The van der Waals surface area contributed by atoms with Gasteiger partial charge in [-0.25, -0.2) is 4.39 Å². The van der Waals surface area contributed by atoms with Gasteiger partial charge in [0.05, 0.1) is 0 Å². The van der Waals surface area contributed by atoms with E-state index in [-0.39, 0.29) is 12.2 Å². The van der Waals surface area contributed by atoms with Gasteiger partial charge in [0, 0.05) is 6.42 Å². The van der Waals surface area contributed by atoms with Gasteiger partial charge in [0.1, 0.15) is 5.75 Å². The molecule has 0 atom stereocenters. The number of aryl methyl sites for hydroxylation is 1. The number of benzene rings is 2. The first-order chi connectivity index (χ1) is 9.15. The number of hydrogen-bond acceptors (Lipinski definition) is 2. The summed E-state index contributed by atoms with van der Waals surface area (Å²) < 4.78 is 18.9. The van der Waals surface area contributed by atoms with E-state index in [9.17, 15) is 9.18 Å². The van der Waals surface area contributed by atoms with Crippen molar-refractivity contribution in [2.45, 2.75) is 12.8 Å². The summed E-state index contributed by atoms with van der Waals surface area (Å²) in [5.41, 5.74) is 0.844. The monoisotopic (exact) mass is 260 g/mol. The minimum Gasteiger partial charge on any atom is -0.481 e. The fourth-order valence-corrected chi connectivity index (χ4v) is 1.67. The smallest absolute Gasteiger partial charge is 0.303 e. The molecule has 0 bridgehead atoms. The van der Waals surface area contributed by atoms with E-state index in [1.807, 2.05) is 6.07 Å². The van der Waals surface area contributed by atoms with E-state index in [0.717, 1.165) is 5.56 Å². The van der Waals surface area contributed by atoms with E-state index in [1.54, 1.807) is 36.4 Å². The Hall–Kier alpha value is -2.36. The molecule has 0 aliphatic carbocycles. The van der Waals surface area contributed by atoms with Crippen molar-refractivity contribution in [1.29, 1.82) is 0 Å². The van der Waals surface area contributed by atoms with E-state index in [4.69, 9.17) is 9.84 Å². The topological polar surface area (TPSA) is 46.5 Å². The SMILES string of the molecule is O=C(O)CCc1cccc(Oc2ccccc2F)c1. The van der Waals surface area contributed by atoms with Crippen molar-refractivity contribution in [3.63, 3.8) is 0 Å². The summed E-state index contributed by atoms with van der Waals surface area (Å²) in [6.07, 6.45) is 0.479. The zero-order chi connectivity index (χ0) is 13.7. The van der Waals surface area contributed by atoms with Gasteiger partial charge in [0.2, 0.25) is 0 Å². The number of halogens is 1. The molecule has 2 aromatic carbocycles. The molecule has 0 heterocycles. The third-order valence-corrected chi connectivity index (χ3v) is 2.59. The number of hydrogen-bond donors (Lipinski definition) is 1. The molecular weight excluding hydrogens is 247 g/mol. The normalized spacial score (nSPS) is 10.2. The number of carbonyl (C=O) groups is 1. The number of ether oxygens (including phenoxy) is 1. The molecule has 0 unspecified atom stereocenters. The zero-order valence-electron chi connectivity index (χ0n) is 10.2. The molecule has 0 saturated carbocycles. The van der Waals surface area contributed by atoms with Gasteiger partial charge < -0.3 is 9.84 Å². The lowest BCUT2D eigenvalue weighted by Crippen LogP contribution is -1.97. The lowest BCUT2D eigenvalue weighted by molar-refractivity contribution is -0.136. The summed E-state index contributed by atoms with van der Waals surface area (Å²) >= 11 is 0. The molecule has 0 aromatic heterocycles. The fourth-order valence-electron chi connectivity index (χ4n) is 1.67. The summed E-state index contributed by atoms with van der Waals surface area (Å²) in [5.74, 6) is -0.635. The molecule has 19 heavy (non-hydrogen) atoms. The third kappa shape index (κ3) is 3.81. The van der Waals surface area contributed by atoms with Crippen molar-refractivity contribution >= 4 is 5.97 Å². The van der Waals surface area contributed by atoms with Crippen molar-refractivity contribution in [2.24, 2.45) is 0 Å². The maximum Gasteiger partial charge on any atom is 0.303 e. The molecule has 1 N–H and O–H groups in total. The maximum absolute atomic E-state index is 13.4. The van der Waals surface area contributed by atoms with Crippen LogP contribution in [0.2, 0.25) is 0 Å². The molecule has 0 aliphatic rings. The molecule has 0 fully saturated rings. The van der Waals surface area contributed by atoms with E-state index in [0.29, 0.717) is 12.2 Å². The largest absolute Gasteiger partial charge is 0.481 e. The Morgan fingerprint density at radius 2 is 1.95 bits per heavy atom. The Labute approximate surface area is 110 Å². The summed E-state index contributed by atoms with van der Waals surface area (Å²) in [6.45, 7) is 0. The Kier molecular flexibility index (Phi) is 4.13. The molecule has 2 aromatic rings. The van der Waals surface area contributed by atoms with Crippen molar-refractivity contribution in [2.75, 3.05) is 0 Å². The average molecular weight is 260 g/mol. The number of aliphatic carboxylic acids is 1. The standard InChI is InChI=1S/C15H13FO3/c16-13-6-1-2-7-14(13)19-12-5-3-4-11(10-12)8-9-15(17)18/h1-7,10H,8-9H2,(H,17,18). The molecule has 98 valence electrons. The fraction of sp³-hybridized carbons (Fsp3) is 0.133. The second kappa shape index (κ2) is 6.00. The highest BCUT2D eigenvalue weighted by atomic mass is 19.1. The van der Waals surface area contributed by atoms with Crippen LogP contribution in [0.25, 0.3) is 0 Å². The van der Waals surface area contributed by atoms with Gasteiger partial charge in [0.15, 0.2) is 11.6 Å². The first kappa shape index (κ1) is 13.1. The van der Waals surface area contributed by atoms with Crippen molar-refractivity contribution in [3.05, 3.63) is 59.9 Å². The zero-order valence-corrected chi connectivity index (χ0v) is 10.2. The predicted octanol–water partition coefficient (Wildman–Crippen LogP) is 3.64.